The number of hydrogen-bond acceptors (Lipinski definition) is 2. The fraction of sp³-hybridized carbons (Fsp3) is 0.941. The van der Waals surface area contributed by atoms with E-state index >= 15 is 0 Å². The molecule has 2 fully saturated rings. The average molecular weight is 262 g/mol. The van der Waals surface area contributed by atoms with Gasteiger partial charge < -0.3 is 0 Å². The van der Waals surface area contributed by atoms with Gasteiger partial charge in [0.25, 0.3) is 0 Å². The van der Waals surface area contributed by atoms with Crippen LogP contribution >= 0.6 is 0 Å². The van der Waals surface area contributed by atoms with Crippen LogP contribution < -0.4 is 0 Å². The maximum atomic E-state index is 9.48. The van der Waals surface area contributed by atoms with Gasteiger partial charge in [-0.25, -0.2) is 0 Å². The SMILES string of the molecule is CCCC1CCC(C#N)C(N2CC(C)CCC2C)C1. The highest BCUT2D eigenvalue weighted by Crippen LogP contribution is 2.37. The lowest BCUT2D eigenvalue weighted by Gasteiger charge is -2.46. The Morgan fingerprint density at radius 2 is 1.95 bits per heavy atom. The molecule has 2 aliphatic rings. The number of rotatable bonds is 3. The molecule has 0 aromatic carbocycles. The lowest BCUT2D eigenvalue weighted by Crippen LogP contribution is -2.52. The molecule has 0 spiro atoms. The molecule has 2 rings (SSSR count). The molecule has 2 heteroatoms. The molecule has 1 saturated heterocycles. The molecule has 1 heterocycles. The fourth-order valence-corrected chi connectivity index (χ4v) is 4.20. The minimum atomic E-state index is 0.279. The van der Waals surface area contributed by atoms with E-state index < -0.39 is 0 Å². The lowest BCUT2D eigenvalue weighted by molar-refractivity contribution is 0.0261. The standard InChI is InChI=1S/C17H30N2/c1-4-5-15-8-9-16(11-18)17(10-15)19-12-13(2)6-7-14(19)3/h13-17H,4-10,12H2,1-3H3. The van der Waals surface area contributed by atoms with E-state index in [1.165, 1.54) is 45.1 Å². The van der Waals surface area contributed by atoms with Crippen LogP contribution in [0.4, 0.5) is 0 Å². The van der Waals surface area contributed by atoms with Gasteiger partial charge in [0, 0.05) is 18.6 Å². The van der Waals surface area contributed by atoms with Crippen LogP contribution in [0.2, 0.25) is 0 Å². The van der Waals surface area contributed by atoms with Gasteiger partial charge in [-0.3, -0.25) is 4.90 Å². The van der Waals surface area contributed by atoms with Crippen molar-refractivity contribution in [2.45, 2.75) is 77.8 Å². The molecule has 108 valence electrons. The third-order valence-electron chi connectivity index (χ3n) is 5.38. The first kappa shape index (κ1) is 14.9. The molecule has 5 atom stereocenters. The van der Waals surface area contributed by atoms with Gasteiger partial charge >= 0.3 is 0 Å². The van der Waals surface area contributed by atoms with Gasteiger partial charge in [-0.15, -0.1) is 0 Å². The van der Waals surface area contributed by atoms with Crippen LogP contribution in [0, 0.1) is 29.1 Å². The second-order valence-electron chi connectivity index (χ2n) is 7.00. The highest BCUT2D eigenvalue weighted by Gasteiger charge is 2.37. The largest absolute Gasteiger partial charge is 0.296 e. The molecule has 0 aromatic rings. The van der Waals surface area contributed by atoms with Crippen molar-refractivity contribution < 1.29 is 0 Å². The van der Waals surface area contributed by atoms with E-state index in [1.54, 1.807) is 0 Å². The molecule has 5 unspecified atom stereocenters. The molecule has 0 bridgehead atoms. The van der Waals surface area contributed by atoms with Gasteiger partial charge in [0.1, 0.15) is 0 Å². The summed E-state index contributed by atoms with van der Waals surface area (Å²) in [6.45, 7) is 8.23. The maximum Gasteiger partial charge on any atom is 0.0672 e. The van der Waals surface area contributed by atoms with Gasteiger partial charge in [0.15, 0.2) is 0 Å². The fourth-order valence-electron chi connectivity index (χ4n) is 4.20. The van der Waals surface area contributed by atoms with Crippen molar-refractivity contribution in [3.63, 3.8) is 0 Å². The van der Waals surface area contributed by atoms with Crippen LogP contribution in [-0.2, 0) is 0 Å². The molecule has 0 N–H and O–H groups in total. The summed E-state index contributed by atoms with van der Waals surface area (Å²) >= 11 is 0. The Balaban J connectivity index is 2.06. The van der Waals surface area contributed by atoms with Crippen LogP contribution in [0.5, 0.6) is 0 Å². The topological polar surface area (TPSA) is 27.0 Å². The molecular weight excluding hydrogens is 232 g/mol. The molecule has 19 heavy (non-hydrogen) atoms. The highest BCUT2D eigenvalue weighted by atomic mass is 15.2. The quantitative estimate of drug-likeness (QED) is 0.761. The molecule has 1 aliphatic carbocycles. The van der Waals surface area contributed by atoms with Crippen LogP contribution in [-0.4, -0.2) is 23.5 Å². The molecule has 0 amide bonds. The van der Waals surface area contributed by atoms with E-state index in [2.05, 4.69) is 31.7 Å². The van der Waals surface area contributed by atoms with Crippen molar-refractivity contribution in [1.82, 2.24) is 4.90 Å². The molecular formula is C17H30N2. The van der Waals surface area contributed by atoms with E-state index in [0.29, 0.717) is 12.1 Å². The van der Waals surface area contributed by atoms with E-state index in [9.17, 15) is 5.26 Å². The Morgan fingerprint density at radius 3 is 2.63 bits per heavy atom. The predicted molar refractivity (Wildman–Crippen MR) is 79.7 cm³/mol. The number of piperidine rings is 1. The van der Waals surface area contributed by atoms with Gasteiger partial charge in [-0.1, -0.05) is 26.7 Å². The van der Waals surface area contributed by atoms with Crippen molar-refractivity contribution in [2.24, 2.45) is 17.8 Å². The number of hydrogen-bond donors (Lipinski definition) is 0. The van der Waals surface area contributed by atoms with Crippen molar-refractivity contribution in [1.29, 1.82) is 5.26 Å². The minimum Gasteiger partial charge on any atom is -0.296 e. The summed E-state index contributed by atoms with van der Waals surface area (Å²) < 4.78 is 0. The van der Waals surface area contributed by atoms with E-state index in [4.69, 9.17) is 0 Å². The van der Waals surface area contributed by atoms with Gasteiger partial charge in [0.2, 0.25) is 0 Å². The summed E-state index contributed by atoms with van der Waals surface area (Å²) in [4.78, 5) is 2.68. The van der Waals surface area contributed by atoms with Crippen molar-refractivity contribution >= 4 is 0 Å². The molecule has 2 nitrogen and oxygen atoms in total. The zero-order chi connectivity index (χ0) is 13.8. The summed E-state index contributed by atoms with van der Waals surface area (Å²) in [7, 11) is 0. The smallest absolute Gasteiger partial charge is 0.0672 e. The van der Waals surface area contributed by atoms with Crippen LogP contribution in [0.1, 0.15) is 65.7 Å². The number of likely N-dealkylation sites (tertiary alicyclic amines) is 1. The van der Waals surface area contributed by atoms with E-state index in [-0.39, 0.29) is 5.92 Å². The predicted octanol–water partition coefficient (Wildman–Crippen LogP) is 4.22. The van der Waals surface area contributed by atoms with Crippen LogP contribution in [0.3, 0.4) is 0 Å². The number of nitrogens with zero attached hydrogens (tertiary/aromatic N) is 2. The Morgan fingerprint density at radius 1 is 1.16 bits per heavy atom. The summed E-state index contributed by atoms with van der Waals surface area (Å²) in [6, 6.07) is 3.82. The third-order valence-corrected chi connectivity index (χ3v) is 5.38. The van der Waals surface area contributed by atoms with Gasteiger partial charge in [0.05, 0.1) is 12.0 Å². The maximum absolute atomic E-state index is 9.48. The summed E-state index contributed by atoms with van der Waals surface area (Å²) in [5.74, 6) is 1.95. The van der Waals surface area contributed by atoms with Gasteiger partial charge in [-0.2, -0.15) is 5.26 Å². The number of nitriles is 1. The highest BCUT2D eigenvalue weighted by molar-refractivity contribution is 4.99. The first-order chi connectivity index (χ1) is 9.15. The summed E-state index contributed by atoms with van der Waals surface area (Å²) in [6.07, 6.45) is 8.99. The van der Waals surface area contributed by atoms with E-state index in [0.717, 1.165) is 18.3 Å². The second-order valence-corrected chi connectivity index (χ2v) is 7.00. The minimum absolute atomic E-state index is 0.279. The Kier molecular flexibility index (Phi) is 5.28. The van der Waals surface area contributed by atoms with Crippen molar-refractivity contribution in [3.8, 4) is 6.07 Å². The van der Waals surface area contributed by atoms with Crippen molar-refractivity contribution in [3.05, 3.63) is 0 Å². The first-order valence-electron chi connectivity index (χ1n) is 8.31. The molecule has 1 aliphatic heterocycles. The summed E-state index contributed by atoms with van der Waals surface area (Å²) in [5.41, 5.74) is 0. The first-order valence-corrected chi connectivity index (χ1v) is 8.31. The van der Waals surface area contributed by atoms with Crippen molar-refractivity contribution in [2.75, 3.05) is 6.54 Å². The lowest BCUT2D eigenvalue weighted by atomic mass is 9.75. The Bertz CT molecular complexity index is 320. The van der Waals surface area contributed by atoms with Crippen LogP contribution in [0.25, 0.3) is 0 Å². The molecule has 0 aromatic heterocycles. The Hall–Kier alpha value is -0.550. The summed E-state index contributed by atoms with van der Waals surface area (Å²) in [5, 5.41) is 9.48. The van der Waals surface area contributed by atoms with Crippen LogP contribution in [0.15, 0.2) is 0 Å². The van der Waals surface area contributed by atoms with E-state index in [1.807, 2.05) is 0 Å². The second kappa shape index (κ2) is 6.75. The third kappa shape index (κ3) is 3.51. The van der Waals surface area contributed by atoms with Gasteiger partial charge in [-0.05, 0) is 50.9 Å². The molecule has 1 saturated carbocycles. The average Bonchev–Trinajstić information content (AvgIpc) is 2.42. The zero-order valence-electron chi connectivity index (χ0n) is 12.9. The molecule has 0 radical (unpaired) electrons. The Labute approximate surface area is 119 Å². The normalized spacial score (nSPS) is 40.8. The zero-order valence-corrected chi connectivity index (χ0v) is 12.9. The monoisotopic (exact) mass is 262 g/mol.